The Morgan fingerprint density at radius 1 is 1.17 bits per heavy atom. The first-order chi connectivity index (χ1) is 14.0. The van der Waals surface area contributed by atoms with Crippen LogP contribution in [0.25, 0.3) is 0 Å². The predicted molar refractivity (Wildman–Crippen MR) is 114 cm³/mol. The summed E-state index contributed by atoms with van der Waals surface area (Å²) in [5, 5.41) is 15.4. The third kappa shape index (κ3) is 6.53. The van der Waals surface area contributed by atoms with Gasteiger partial charge in [0.2, 0.25) is 0 Å². The smallest absolute Gasteiger partial charge is 0.340 e. The molecule has 0 aliphatic carbocycles. The fraction of sp³-hybridized carbons (Fsp3) is 0.190. The fourth-order valence-electron chi connectivity index (χ4n) is 2.25. The maximum atomic E-state index is 12.4. The van der Waals surface area contributed by atoms with Gasteiger partial charge in [0, 0.05) is 11.2 Å². The van der Waals surface area contributed by atoms with Gasteiger partial charge < -0.3 is 15.4 Å². The molecule has 0 heterocycles. The Kier molecular flexibility index (Phi) is 8.53. The number of rotatable bonds is 8. The van der Waals surface area contributed by atoms with Crippen LogP contribution < -0.4 is 10.6 Å². The Morgan fingerprint density at radius 3 is 2.62 bits per heavy atom. The van der Waals surface area contributed by atoms with E-state index in [9.17, 15) is 14.9 Å². The molecule has 0 radical (unpaired) electrons. The van der Waals surface area contributed by atoms with Gasteiger partial charge in [-0.05, 0) is 36.8 Å². The molecule has 1 amide bonds. The van der Waals surface area contributed by atoms with E-state index in [2.05, 4.69) is 10.6 Å². The maximum Gasteiger partial charge on any atom is 0.340 e. The number of hydrogen-bond donors (Lipinski definition) is 2. The van der Waals surface area contributed by atoms with E-state index in [0.29, 0.717) is 28.6 Å². The largest absolute Gasteiger partial charge is 0.462 e. The van der Waals surface area contributed by atoms with Crippen LogP contribution in [-0.4, -0.2) is 18.5 Å². The summed E-state index contributed by atoms with van der Waals surface area (Å²) in [4.78, 5) is 24.6. The zero-order valence-corrected chi connectivity index (χ0v) is 17.2. The van der Waals surface area contributed by atoms with Crippen molar-refractivity contribution < 1.29 is 14.3 Å². The summed E-state index contributed by atoms with van der Waals surface area (Å²) in [6.45, 7) is 2.33. The van der Waals surface area contributed by atoms with Crippen LogP contribution in [0.2, 0.25) is 10.0 Å². The van der Waals surface area contributed by atoms with Crippen LogP contribution in [0.3, 0.4) is 0 Å². The number of nitrogens with zero attached hydrogens (tertiary/aromatic N) is 1. The number of benzene rings is 2. The number of para-hydroxylation sites is 1. The average Bonchev–Trinajstić information content (AvgIpc) is 2.71. The van der Waals surface area contributed by atoms with Gasteiger partial charge in [-0.15, -0.1) is 0 Å². The number of halogens is 2. The molecule has 2 N–H and O–H groups in total. The summed E-state index contributed by atoms with van der Waals surface area (Å²) in [7, 11) is 0. The molecule has 0 atom stereocenters. The molecule has 0 aromatic heterocycles. The average molecular weight is 432 g/mol. The number of nitriles is 1. The van der Waals surface area contributed by atoms with Crippen molar-refractivity contribution in [3.05, 3.63) is 69.8 Å². The lowest BCUT2D eigenvalue weighted by Crippen LogP contribution is -2.15. The summed E-state index contributed by atoms with van der Waals surface area (Å²) < 4.78 is 5.22. The van der Waals surface area contributed by atoms with Gasteiger partial charge in [-0.3, -0.25) is 4.79 Å². The van der Waals surface area contributed by atoms with E-state index in [1.54, 1.807) is 30.3 Å². The molecule has 0 aliphatic rings. The van der Waals surface area contributed by atoms with Crippen molar-refractivity contribution in [1.82, 2.24) is 0 Å². The van der Waals surface area contributed by atoms with Crippen LogP contribution >= 0.6 is 23.2 Å². The first-order valence-corrected chi connectivity index (χ1v) is 9.61. The van der Waals surface area contributed by atoms with Crippen LogP contribution in [0, 0.1) is 11.3 Å². The normalized spacial score (nSPS) is 10.8. The van der Waals surface area contributed by atoms with Gasteiger partial charge in [-0.25, -0.2) is 4.79 Å². The third-order valence-electron chi connectivity index (χ3n) is 3.79. The zero-order chi connectivity index (χ0) is 21.2. The van der Waals surface area contributed by atoms with Gasteiger partial charge in [0.15, 0.2) is 0 Å². The van der Waals surface area contributed by atoms with Gasteiger partial charge >= 0.3 is 5.97 Å². The van der Waals surface area contributed by atoms with Crippen LogP contribution in [-0.2, 0) is 9.53 Å². The molecular weight excluding hydrogens is 413 g/mol. The van der Waals surface area contributed by atoms with Gasteiger partial charge in [0.25, 0.3) is 5.91 Å². The highest BCUT2D eigenvalue weighted by Crippen LogP contribution is 2.25. The highest BCUT2D eigenvalue weighted by atomic mass is 35.5. The van der Waals surface area contributed by atoms with E-state index >= 15 is 0 Å². The molecule has 150 valence electrons. The lowest BCUT2D eigenvalue weighted by atomic mass is 10.1. The van der Waals surface area contributed by atoms with Crippen molar-refractivity contribution in [3.63, 3.8) is 0 Å². The summed E-state index contributed by atoms with van der Waals surface area (Å²) in [5.74, 6) is -1.14. The van der Waals surface area contributed by atoms with Crippen molar-refractivity contribution in [3.8, 4) is 6.07 Å². The van der Waals surface area contributed by atoms with E-state index in [1.807, 2.05) is 13.0 Å². The SMILES string of the molecule is CCCCOC(=O)c1ccccc1N/C=C(/C#N)C(=O)Nc1ccc(Cl)cc1Cl. The third-order valence-corrected chi connectivity index (χ3v) is 4.34. The minimum atomic E-state index is -0.660. The molecule has 0 aliphatic heterocycles. The number of carbonyl (C=O) groups excluding carboxylic acids is 2. The molecule has 29 heavy (non-hydrogen) atoms. The minimum absolute atomic E-state index is 0.204. The van der Waals surface area contributed by atoms with Crippen molar-refractivity contribution in [1.29, 1.82) is 5.26 Å². The molecule has 8 heteroatoms. The van der Waals surface area contributed by atoms with Crippen LogP contribution in [0.5, 0.6) is 0 Å². The second-order valence-electron chi connectivity index (χ2n) is 5.93. The highest BCUT2D eigenvalue weighted by molar-refractivity contribution is 6.36. The number of ether oxygens (including phenoxy) is 1. The van der Waals surface area contributed by atoms with E-state index < -0.39 is 11.9 Å². The first kappa shape index (κ1) is 22.3. The topological polar surface area (TPSA) is 91.2 Å². The fourth-order valence-corrected chi connectivity index (χ4v) is 2.71. The molecule has 6 nitrogen and oxygen atoms in total. The Bertz CT molecular complexity index is 968. The molecule has 0 unspecified atom stereocenters. The lowest BCUT2D eigenvalue weighted by molar-refractivity contribution is -0.112. The zero-order valence-electron chi connectivity index (χ0n) is 15.7. The van der Waals surface area contributed by atoms with Gasteiger partial charge in [-0.1, -0.05) is 48.7 Å². The summed E-state index contributed by atoms with van der Waals surface area (Å²) in [6, 6.07) is 13.1. The molecule has 2 rings (SSSR count). The second-order valence-corrected chi connectivity index (χ2v) is 6.77. The Morgan fingerprint density at radius 2 is 1.93 bits per heavy atom. The summed E-state index contributed by atoms with van der Waals surface area (Å²) in [6.07, 6.45) is 2.90. The lowest BCUT2D eigenvalue weighted by Gasteiger charge is -2.10. The van der Waals surface area contributed by atoms with Crippen molar-refractivity contribution in [2.75, 3.05) is 17.2 Å². The number of carbonyl (C=O) groups is 2. The van der Waals surface area contributed by atoms with E-state index in [4.69, 9.17) is 27.9 Å². The highest BCUT2D eigenvalue weighted by Gasteiger charge is 2.14. The second kappa shape index (κ2) is 11.1. The molecule has 0 bridgehead atoms. The Balaban J connectivity index is 2.13. The summed E-state index contributed by atoms with van der Waals surface area (Å²) >= 11 is 11.9. The van der Waals surface area contributed by atoms with Crippen molar-refractivity contribution in [2.24, 2.45) is 0 Å². The van der Waals surface area contributed by atoms with Crippen molar-refractivity contribution >= 4 is 46.5 Å². The van der Waals surface area contributed by atoms with Gasteiger partial charge in [0.1, 0.15) is 11.6 Å². The number of amides is 1. The quantitative estimate of drug-likeness (QED) is 0.252. The van der Waals surface area contributed by atoms with E-state index in [0.717, 1.165) is 12.8 Å². The first-order valence-electron chi connectivity index (χ1n) is 8.85. The standard InChI is InChI=1S/C21H19Cl2N3O3/c1-2-3-10-29-21(28)16-6-4-5-7-18(16)25-13-14(12-24)20(27)26-19-9-8-15(22)11-17(19)23/h4-9,11,13,25H,2-3,10H2,1H3,(H,26,27)/b14-13-. The van der Waals surface area contributed by atoms with E-state index in [-0.39, 0.29) is 10.6 Å². The van der Waals surface area contributed by atoms with Gasteiger partial charge in [0.05, 0.1) is 28.6 Å². The van der Waals surface area contributed by atoms with E-state index in [1.165, 1.54) is 18.3 Å². The molecule has 0 saturated carbocycles. The van der Waals surface area contributed by atoms with Crippen LogP contribution in [0.4, 0.5) is 11.4 Å². The number of hydrogen-bond acceptors (Lipinski definition) is 5. The number of esters is 1. The number of nitrogens with one attached hydrogen (secondary N) is 2. The Hall–Kier alpha value is -3.01. The summed E-state index contributed by atoms with van der Waals surface area (Å²) in [5.41, 5.74) is 0.838. The maximum absolute atomic E-state index is 12.4. The molecule has 0 saturated heterocycles. The molecule has 0 fully saturated rings. The van der Waals surface area contributed by atoms with Gasteiger partial charge in [-0.2, -0.15) is 5.26 Å². The molecular formula is C21H19Cl2N3O3. The molecule has 0 spiro atoms. The predicted octanol–water partition coefficient (Wildman–Crippen LogP) is 5.41. The number of anilines is 2. The van der Waals surface area contributed by atoms with Crippen molar-refractivity contribution in [2.45, 2.75) is 19.8 Å². The number of unbranched alkanes of at least 4 members (excludes halogenated alkanes) is 1. The Labute approximate surface area is 179 Å². The molecule has 2 aromatic rings. The van der Waals surface area contributed by atoms with Crippen LogP contribution in [0.15, 0.2) is 54.2 Å². The minimum Gasteiger partial charge on any atom is -0.462 e. The van der Waals surface area contributed by atoms with Crippen LogP contribution in [0.1, 0.15) is 30.1 Å². The molecule has 2 aromatic carbocycles. The monoisotopic (exact) mass is 431 g/mol.